The molecule has 6 atom stereocenters. The van der Waals surface area contributed by atoms with Gasteiger partial charge in [0.05, 0.1) is 19.8 Å². The number of hydrogen-bond donors (Lipinski definition) is 4. The smallest absolute Gasteiger partial charge is 0.397 e. The fourth-order valence-corrected chi connectivity index (χ4v) is 6.85. The number of ether oxygens (including phenoxy) is 4. The molecule has 1 heterocycles. The molecule has 0 aromatic carbocycles. The highest BCUT2D eigenvalue weighted by Crippen LogP contribution is 2.26. The van der Waals surface area contributed by atoms with E-state index in [1.165, 1.54) is 44.9 Å². The molecule has 58 heavy (non-hydrogen) atoms. The van der Waals surface area contributed by atoms with Crippen LogP contribution in [0.4, 0.5) is 0 Å². The lowest BCUT2D eigenvalue weighted by molar-refractivity contribution is -0.301. The maximum atomic E-state index is 12.8. The monoisotopic (exact) mass is 843 g/mol. The molecule has 1 fully saturated rings. The first-order valence-corrected chi connectivity index (χ1v) is 23.4. The van der Waals surface area contributed by atoms with Crippen molar-refractivity contribution in [2.75, 3.05) is 26.4 Å². The summed E-state index contributed by atoms with van der Waals surface area (Å²) in [6.45, 7) is 3.81. The number of carbonyl (C=O) groups excluding carboxylic acids is 1. The first-order chi connectivity index (χ1) is 28.1. The Morgan fingerprint density at radius 2 is 1.19 bits per heavy atom. The van der Waals surface area contributed by atoms with E-state index >= 15 is 0 Å². The molecule has 4 N–H and O–H groups in total. The molecule has 1 saturated heterocycles. The molecule has 0 spiro atoms. The normalized spacial score (nSPS) is 21.1. The molecule has 0 aromatic heterocycles. The maximum absolute atomic E-state index is 12.8. The zero-order valence-corrected chi connectivity index (χ0v) is 36.4. The van der Waals surface area contributed by atoms with Crippen LogP contribution < -0.4 is 0 Å². The van der Waals surface area contributed by atoms with Gasteiger partial charge in [-0.2, -0.15) is 8.42 Å². The molecule has 0 amide bonds. The Balaban J connectivity index is 2.36. The molecule has 0 aliphatic carbocycles. The summed E-state index contributed by atoms with van der Waals surface area (Å²) in [5.74, 6) is -0.414. The Morgan fingerprint density at radius 1 is 0.672 bits per heavy atom. The Labute approximate surface area is 350 Å². The van der Waals surface area contributed by atoms with E-state index in [2.05, 4.69) is 78.8 Å². The SMILES string of the molecule is CC/C=C\C/C=C\C/C=C\C/C=C\C/C=C\CCCCCCCCCC(=O)OC(COCCCCCCCCCC)COC1OC(CO)C(O)C(OS(=O)(=O)O)C1O. The van der Waals surface area contributed by atoms with Crippen molar-refractivity contribution < 1.29 is 56.2 Å². The molecule has 0 bridgehead atoms. The van der Waals surface area contributed by atoms with Crippen LogP contribution in [0.2, 0.25) is 0 Å². The minimum atomic E-state index is -5.06. The van der Waals surface area contributed by atoms with Crippen LogP contribution in [0.25, 0.3) is 0 Å². The molecule has 1 aliphatic heterocycles. The Bertz CT molecular complexity index is 1250. The van der Waals surface area contributed by atoms with Crippen molar-refractivity contribution in [3.63, 3.8) is 0 Å². The van der Waals surface area contributed by atoms with Crippen LogP contribution in [0, 0.1) is 0 Å². The van der Waals surface area contributed by atoms with Gasteiger partial charge in [0.2, 0.25) is 0 Å². The van der Waals surface area contributed by atoms with Crippen LogP contribution in [0.1, 0.15) is 155 Å². The third-order valence-corrected chi connectivity index (χ3v) is 10.1. The van der Waals surface area contributed by atoms with Crippen LogP contribution >= 0.6 is 0 Å². The Kier molecular flexibility index (Phi) is 34.0. The fourth-order valence-electron chi connectivity index (χ4n) is 6.34. The van der Waals surface area contributed by atoms with Gasteiger partial charge >= 0.3 is 16.4 Å². The van der Waals surface area contributed by atoms with Gasteiger partial charge in [0.25, 0.3) is 0 Å². The van der Waals surface area contributed by atoms with Gasteiger partial charge in [0.1, 0.15) is 30.5 Å². The molecule has 13 heteroatoms. The second kappa shape index (κ2) is 36.6. The largest absolute Gasteiger partial charge is 0.457 e. The third-order valence-electron chi connectivity index (χ3n) is 9.65. The van der Waals surface area contributed by atoms with E-state index in [1.807, 2.05) is 0 Å². The van der Waals surface area contributed by atoms with Gasteiger partial charge < -0.3 is 34.3 Å². The van der Waals surface area contributed by atoms with Crippen LogP contribution in [0.15, 0.2) is 60.8 Å². The van der Waals surface area contributed by atoms with Gasteiger partial charge in [-0.15, -0.1) is 0 Å². The third kappa shape index (κ3) is 29.9. The second-order valence-electron chi connectivity index (χ2n) is 14.9. The number of unbranched alkanes of at least 4 members (excludes halogenated alkanes) is 14. The van der Waals surface area contributed by atoms with Crippen LogP contribution in [0.5, 0.6) is 0 Å². The summed E-state index contributed by atoms with van der Waals surface area (Å²) in [6.07, 6.45) is 35.5. The van der Waals surface area contributed by atoms with Crippen LogP contribution in [-0.2, 0) is 38.3 Å². The summed E-state index contributed by atoms with van der Waals surface area (Å²) in [5, 5.41) is 30.6. The number of rotatable bonds is 37. The van der Waals surface area contributed by atoms with Crippen LogP contribution in [-0.4, -0.2) is 97.5 Å². The maximum Gasteiger partial charge on any atom is 0.397 e. The van der Waals surface area contributed by atoms with Crippen molar-refractivity contribution in [3.05, 3.63) is 60.8 Å². The molecule has 6 unspecified atom stereocenters. The Hall–Kier alpha value is -2.20. The molecule has 0 aromatic rings. The fraction of sp³-hybridized carbons (Fsp3) is 0.756. The highest BCUT2D eigenvalue weighted by Gasteiger charge is 2.48. The van der Waals surface area contributed by atoms with Crippen molar-refractivity contribution in [1.82, 2.24) is 0 Å². The van der Waals surface area contributed by atoms with Crippen molar-refractivity contribution in [1.29, 1.82) is 0 Å². The number of aliphatic hydroxyl groups is 3. The summed E-state index contributed by atoms with van der Waals surface area (Å²) >= 11 is 0. The zero-order chi connectivity index (χ0) is 42.5. The molecule has 1 rings (SSSR count). The van der Waals surface area contributed by atoms with E-state index < -0.39 is 59.8 Å². The van der Waals surface area contributed by atoms with Crippen molar-refractivity contribution in [2.24, 2.45) is 0 Å². The van der Waals surface area contributed by atoms with Crippen LogP contribution in [0.3, 0.4) is 0 Å². The number of hydrogen-bond acceptors (Lipinski definition) is 11. The Morgan fingerprint density at radius 3 is 1.74 bits per heavy atom. The quantitative estimate of drug-likeness (QED) is 0.0202. The van der Waals surface area contributed by atoms with Crippen molar-refractivity contribution in [2.45, 2.75) is 192 Å². The first kappa shape index (κ1) is 53.8. The molecular formula is C45H78O12S. The first-order valence-electron chi connectivity index (χ1n) is 22.0. The van der Waals surface area contributed by atoms with Gasteiger partial charge in [-0.25, -0.2) is 4.18 Å². The molecule has 1 aliphatic rings. The summed E-state index contributed by atoms with van der Waals surface area (Å²) in [6, 6.07) is 0. The van der Waals surface area contributed by atoms with Gasteiger partial charge in [-0.1, -0.05) is 152 Å². The van der Waals surface area contributed by atoms with E-state index in [0.29, 0.717) is 13.0 Å². The predicted octanol–water partition coefficient (Wildman–Crippen LogP) is 8.96. The number of esters is 1. The summed E-state index contributed by atoms with van der Waals surface area (Å²) in [5.41, 5.74) is 0. The van der Waals surface area contributed by atoms with Gasteiger partial charge in [-0.3, -0.25) is 9.35 Å². The highest BCUT2D eigenvalue weighted by molar-refractivity contribution is 7.80. The lowest BCUT2D eigenvalue weighted by Crippen LogP contribution is -2.60. The molecule has 336 valence electrons. The second-order valence-corrected chi connectivity index (χ2v) is 16.0. The summed E-state index contributed by atoms with van der Waals surface area (Å²) in [7, 11) is -5.06. The summed E-state index contributed by atoms with van der Waals surface area (Å²) < 4.78 is 58.8. The standard InChI is InChI=1S/C45H78O12S/c1-3-5-7-9-11-13-14-15-16-17-18-19-20-21-22-23-24-25-26-27-28-30-32-34-41(47)55-39(37-53-35-33-31-29-12-10-8-6-4-2)38-54-45-43(49)44(57-58(50,51)52)42(48)40(36-46)56-45/h5,7,11,13,15-16,18-19,21-22,39-40,42-46,48-49H,3-4,6,8-10,12,14,17,20,23-38H2,1-2H3,(H,50,51,52)/b7-5-,13-11-,16-15-,19-18-,22-21-. The lowest BCUT2D eigenvalue weighted by atomic mass is 9.99. The van der Waals surface area contributed by atoms with E-state index in [9.17, 15) is 28.5 Å². The lowest BCUT2D eigenvalue weighted by Gasteiger charge is -2.41. The molecule has 12 nitrogen and oxygen atoms in total. The minimum absolute atomic E-state index is 0.0294. The average molecular weight is 843 g/mol. The molecule has 0 radical (unpaired) electrons. The van der Waals surface area contributed by atoms with Crippen molar-refractivity contribution in [3.8, 4) is 0 Å². The number of allylic oxidation sites excluding steroid dienone is 10. The van der Waals surface area contributed by atoms with E-state index in [4.69, 9.17) is 23.5 Å². The highest BCUT2D eigenvalue weighted by atomic mass is 32.3. The minimum Gasteiger partial charge on any atom is -0.457 e. The topological polar surface area (TPSA) is 178 Å². The van der Waals surface area contributed by atoms with Crippen molar-refractivity contribution >= 4 is 16.4 Å². The summed E-state index contributed by atoms with van der Waals surface area (Å²) in [4.78, 5) is 12.8. The van der Waals surface area contributed by atoms with E-state index in [-0.39, 0.29) is 19.6 Å². The van der Waals surface area contributed by atoms with E-state index in [1.54, 1.807) is 0 Å². The van der Waals surface area contributed by atoms with E-state index in [0.717, 1.165) is 83.5 Å². The number of aliphatic hydroxyl groups excluding tert-OH is 3. The zero-order valence-electron chi connectivity index (χ0n) is 35.6. The molecule has 0 saturated carbocycles. The van der Waals surface area contributed by atoms with Gasteiger partial charge in [-0.05, 0) is 57.8 Å². The average Bonchev–Trinajstić information content (AvgIpc) is 3.19. The predicted molar refractivity (Wildman–Crippen MR) is 229 cm³/mol. The molecular weight excluding hydrogens is 765 g/mol. The van der Waals surface area contributed by atoms with Gasteiger partial charge in [0, 0.05) is 13.0 Å². The number of carbonyl (C=O) groups is 1. The van der Waals surface area contributed by atoms with Gasteiger partial charge in [0.15, 0.2) is 6.29 Å².